The summed E-state index contributed by atoms with van der Waals surface area (Å²) in [4.78, 5) is 9.40. The summed E-state index contributed by atoms with van der Waals surface area (Å²) in [5.74, 6) is 0. The van der Waals surface area contributed by atoms with E-state index in [1.165, 1.54) is 4.68 Å². The molecule has 0 atom stereocenters. The predicted octanol–water partition coefficient (Wildman–Crippen LogP) is -2.87. The van der Waals surface area contributed by atoms with E-state index in [-0.39, 0.29) is 24.5 Å². The van der Waals surface area contributed by atoms with Gasteiger partial charge in [-0.15, -0.1) is 0 Å². The molecule has 10 heavy (non-hydrogen) atoms. The van der Waals surface area contributed by atoms with Crippen molar-refractivity contribution in [1.29, 1.82) is 0 Å². The summed E-state index contributed by atoms with van der Waals surface area (Å²) in [6, 6.07) is 0. The van der Waals surface area contributed by atoms with Gasteiger partial charge >= 0.3 is 18.9 Å². The zero-order valence-electron chi connectivity index (χ0n) is 5.74. The van der Waals surface area contributed by atoms with E-state index in [9.17, 15) is 10.1 Å². The monoisotopic (exact) mass is 133 g/mol. The molecule has 1 rings (SSSR count). The maximum absolute atomic E-state index is 9.94. The minimum absolute atomic E-state index is 0. The summed E-state index contributed by atoms with van der Waals surface area (Å²) in [6.45, 7) is 0. The number of rotatable bonds is 1. The summed E-state index contributed by atoms with van der Waals surface area (Å²) in [5, 5.41) is 13.5. The van der Waals surface area contributed by atoms with E-state index in [4.69, 9.17) is 0 Å². The van der Waals surface area contributed by atoms with Gasteiger partial charge in [0, 0.05) is 12.0 Å². The van der Waals surface area contributed by atoms with E-state index in [0.717, 1.165) is 6.20 Å². The third kappa shape index (κ3) is 1.86. The molecule has 0 aliphatic heterocycles. The molecule has 0 amide bonds. The second-order valence-corrected chi connectivity index (χ2v) is 1.52. The Labute approximate surface area is 69.4 Å². The van der Waals surface area contributed by atoms with Crippen molar-refractivity contribution < 1.29 is 23.8 Å². The summed E-state index contributed by atoms with van der Waals surface area (Å²) < 4.78 is 1.26. The van der Waals surface area contributed by atoms with Gasteiger partial charge in [0.2, 0.25) is 0 Å². The van der Waals surface area contributed by atoms with Gasteiger partial charge in [0.1, 0.15) is 5.69 Å². The van der Waals surface area contributed by atoms with Crippen molar-refractivity contribution in [2.24, 2.45) is 7.05 Å². The number of hydrogen-bond donors (Lipinski definition) is 0. The van der Waals surface area contributed by atoms with Crippen LogP contribution in [0.4, 0.5) is 5.69 Å². The quantitative estimate of drug-likeness (QED) is 0.179. The zero-order valence-corrected chi connectivity index (χ0v) is 5.74. The van der Waals surface area contributed by atoms with Crippen LogP contribution < -0.4 is 18.9 Å². The van der Waals surface area contributed by atoms with Crippen LogP contribution in [0.5, 0.6) is 0 Å². The fourth-order valence-corrected chi connectivity index (χ4v) is 0.453. The molecule has 0 aliphatic rings. The molecule has 1 aromatic heterocycles. The smallest absolute Gasteiger partial charge is 0.373 e. The van der Waals surface area contributed by atoms with Crippen LogP contribution in [0.2, 0.25) is 0 Å². The first-order valence-electron chi connectivity index (χ1n) is 2.26. The maximum atomic E-state index is 9.94. The Bertz CT molecular complexity index is 234. The molecule has 1 heterocycles. The number of aromatic nitrogens is 2. The SMILES string of the molecule is Cn1[c-]c([N+](=O)[O-])cn1.[Li+]. The maximum Gasteiger partial charge on any atom is 1.00 e. The third-order valence-corrected chi connectivity index (χ3v) is 0.826. The number of nitro groups is 1. The van der Waals surface area contributed by atoms with Gasteiger partial charge in [-0.05, 0) is 6.20 Å². The average molecular weight is 133 g/mol. The van der Waals surface area contributed by atoms with Crippen molar-refractivity contribution >= 4 is 5.69 Å². The van der Waals surface area contributed by atoms with E-state index < -0.39 is 4.92 Å². The molecular weight excluding hydrogens is 129 g/mol. The Kier molecular flexibility index (Phi) is 3.13. The Morgan fingerprint density at radius 1 is 1.90 bits per heavy atom. The van der Waals surface area contributed by atoms with Gasteiger partial charge in [0.15, 0.2) is 0 Å². The molecular formula is C4H4LiN3O2. The summed E-state index contributed by atoms with van der Waals surface area (Å²) in [7, 11) is 1.58. The van der Waals surface area contributed by atoms with Crippen LogP contribution in [0.3, 0.4) is 0 Å². The summed E-state index contributed by atoms with van der Waals surface area (Å²) in [6.07, 6.45) is 3.53. The van der Waals surface area contributed by atoms with Crippen molar-refractivity contribution in [3.63, 3.8) is 0 Å². The Morgan fingerprint density at radius 3 is 2.70 bits per heavy atom. The van der Waals surface area contributed by atoms with E-state index in [1.807, 2.05) is 0 Å². The van der Waals surface area contributed by atoms with Gasteiger partial charge in [0.05, 0.1) is 0 Å². The molecule has 0 saturated carbocycles. The topological polar surface area (TPSA) is 61.0 Å². The fourth-order valence-electron chi connectivity index (χ4n) is 0.453. The molecule has 0 N–H and O–H groups in total. The number of nitrogens with zero attached hydrogens (tertiary/aromatic N) is 3. The van der Waals surface area contributed by atoms with Crippen molar-refractivity contribution in [2.75, 3.05) is 0 Å². The minimum atomic E-state index is -0.535. The van der Waals surface area contributed by atoms with Crippen molar-refractivity contribution in [2.45, 2.75) is 0 Å². The van der Waals surface area contributed by atoms with Crippen LogP contribution >= 0.6 is 0 Å². The first-order valence-corrected chi connectivity index (χ1v) is 2.26. The predicted molar refractivity (Wildman–Crippen MR) is 28.7 cm³/mol. The normalized spacial score (nSPS) is 8.50. The molecule has 0 fully saturated rings. The van der Waals surface area contributed by atoms with Crippen LogP contribution in [0, 0.1) is 16.3 Å². The van der Waals surface area contributed by atoms with E-state index in [2.05, 4.69) is 11.3 Å². The standard InChI is InChI=1S/C4H4N3O2.Li/c1-6-3-4(2-5-6)7(8)9;/h2H,1H3;/q-1;+1. The Morgan fingerprint density at radius 2 is 2.50 bits per heavy atom. The Balaban J connectivity index is 0.000000810. The van der Waals surface area contributed by atoms with Crippen LogP contribution in [-0.4, -0.2) is 14.7 Å². The molecule has 0 aliphatic carbocycles. The Hall–Kier alpha value is -0.793. The van der Waals surface area contributed by atoms with Gasteiger partial charge < -0.3 is 4.68 Å². The first-order chi connectivity index (χ1) is 4.20. The van der Waals surface area contributed by atoms with Gasteiger partial charge in [-0.3, -0.25) is 15.2 Å². The minimum Gasteiger partial charge on any atom is -0.373 e. The molecule has 0 spiro atoms. The molecule has 0 unspecified atom stereocenters. The molecule has 0 aromatic carbocycles. The largest absolute Gasteiger partial charge is 1.00 e. The molecule has 0 saturated heterocycles. The summed E-state index contributed by atoms with van der Waals surface area (Å²) >= 11 is 0. The third-order valence-electron chi connectivity index (χ3n) is 0.826. The van der Waals surface area contributed by atoms with E-state index >= 15 is 0 Å². The molecule has 6 heteroatoms. The molecule has 48 valence electrons. The van der Waals surface area contributed by atoms with Gasteiger partial charge in [0.25, 0.3) is 0 Å². The molecule has 0 bridgehead atoms. The van der Waals surface area contributed by atoms with Crippen LogP contribution in [-0.2, 0) is 7.05 Å². The van der Waals surface area contributed by atoms with E-state index in [1.54, 1.807) is 7.05 Å². The second-order valence-electron chi connectivity index (χ2n) is 1.52. The van der Waals surface area contributed by atoms with Crippen LogP contribution in [0.25, 0.3) is 0 Å². The second kappa shape index (κ2) is 3.39. The molecule has 1 aromatic rings. The fraction of sp³-hybridized carbons (Fsp3) is 0.250. The summed E-state index contributed by atoms with van der Waals surface area (Å²) in [5.41, 5.74) is -0.0995. The zero-order chi connectivity index (χ0) is 6.85. The van der Waals surface area contributed by atoms with Crippen LogP contribution in [0.1, 0.15) is 0 Å². The number of aryl methyl sites for hydroxylation is 1. The van der Waals surface area contributed by atoms with E-state index in [0.29, 0.717) is 0 Å². The number of hydrogen-bond acceptors (Lipinski definition) is 3. The van der Waals surface area contributed by atoms with Crippen molar-refractivity contribution in [1.82, 2.24) is 9.78 Å². The van der Waals surface area contributed by atoms with Gasteiger partial charge in [-0.25, -0.2) is 0 Å². The van der Waals surface area contributed by atoms with Crippen LogP contribution in [0.15, 0.2) is 6.20 Å². The van der Waals surface area contributed by atoms with Crippen molar-refractivity contribution in [3.8, 4) is 0 Å². The molecule has 0 radical (unpaired) electrons. The van der Waals surface area contributed by atoms with Crippen molar-refractivity contribution in [3.05, 3.63) is 22.5 Å². The average Bonchev–Trinajstić information content (AvgIpc) is 2.14. The molecule has 5 nitrogen and oxygen atoms in total. The van der Waals surface area contributed by atoms with Gasteiger partial charge in [-0.2, -0.15) is 0 Å². The first kappa shape index (κ1) is 9.21. The van der Waals surface area contributed by atoms with Gasteiger partial charge in [-0.1, -0.05) is 6.20 Å².